The first kappa shape index (κ1) is 32.5. The third-order valence-corrected chi connectivity index (χ3v) is 11.5. The molecule has 11 aromatic rings. The first-order chi connectivity index (χ1) is 28.7. The summed E-state index contributed by atoms with van der Waals surface area (Å²) in [5, 5.41) is 12.8. The van der Waals surface area contributed by atoms with Gasteiger partial charge in [-0.25, -0.2) is 9.98 Å². The Labute approximate surface area is 333 Å². The van der Waals surface area contributed by atoms with Crippen molar-refractivity contribution in [3.8, 4) is 22.3 Å². The molecule has 0 bridgehead atoms. The average molecular weight is 744 g/mol. The summed E-state index contributed by atoms with van der Waals surface area (Å²) in [5.41, 5.74) is 10.7. The number of amidine groups is 2. The van der Waals surface area contributed by atoms with E-state index in [0.717, 1.165) is 94.0 Å². The Bertz CT molecular complexity index is 3480. The van der Waals surface area contributed by atoms with Crippen molar-refractivity contribution in [3.05, 3.63) is 205 Å². The molecule has 9 aromatic carbocycles. The maximum atomic E-state index is 6.85. The minimum atomic E-state index is -0.416. The van der Waals surface area contributed by atoms with Gasteiger partial charge in [0.05, 0.1) is 0 Å². The fourth-order valence-electron chi connectivity index (χ4n) is 8.65. The molecular weight excluding hydrogens is 711 g/mol. The summed E-state index contributed by atoms with van der Waals surface area (Å²) >= 11 is 0. The maximum Gasteiger partial charge on any atom is 0.159 e. The lowest BCUT2D eigenvalue weighted by atomic mass is 9.93. The fourth-order valence-corrected chi connectivity index (χ4v) is 8.65. The van der Waals surface area contributed by atoms with Crippen molar-refractivity contribution in [2.24, 2.45) is 9.98 Å². The van der Waals surface area contributed by atoms with E-state index >= 15 is 0 Å². The summed E-state index contributed by atoms with van der Waals surface area (Å²) in [5.74, 6) is 1.41. The summed E-state index contributed by atoms with van der Waals surface area (Å²) in [4.78, 5) is 10.3. The lowest BCUT2D eigenvalue weighted by Gasteiger charge is -2.24. The minimum absolute atomic E-state index is 0.416. The molecule has 0 saturated heterocycles. The van der Waals surface area contributed by atoms with Crippen molar-refractivity contribution in [2.45, 2.75) is 6.17 Å². The number of fused-ring (bicyclic) bond motifs is 8. The van der Waals surface area contributed by atoms with Crippen molar-refractivity contribution < 1.29 is 8.83 Å². The zero-order chi connectivity index (χ0) is 38.2. The molecule has 5 heteroatoms. The molecule has 2 aromatic heterocycles. The van der Waals surface area contributed by atoms with Crippen LogP contribution in [0.2, 0.25) is 0 Å². The first-order valence-corrected chi connectivity index (χ1v) is 19.6. The van der Waals surface area contributed by atoms with Crippen LogP contribution < -0.4 is 5.32 Å². The predicted octanol–water partition coefficient (Wildman–Crippen LogP) is 13.6. The van der Waals surface area contributed by atoms with Gasteiger partial charge in [-0.05, 0) is 68.6 Å². The first-order valence-electron chi connectivity index (χ1n) is 19.6. The van der Waals surface area contributed by atoms with Crippen molar-refractivity contribution in [3.63, 3.8) is 0 Å². The molecule has 12 rings (SSSR count). The molecule has 0 spiro atoms. The molecule has 0 radical (unpaired) electrons. The van der Waals surface area contributed by atoms with Crippen LogP contribution in [0.25, 0.3) is 87.7 Å². The Kier molecular flexibility index (Phi) is 7.23. The van der Waals surface area contributed by atoms with E-state index in [2.05, 4.69) is 157 Å². The van der Waals surface area contributed by atoms with Crippen LogP contribution in [0, 0.1) is 0 Å². The largest absolute Gasteiger partial charge is 0.456 e. The highest BCUT2D eigenvalue weighted by atomic mass is 16.3. The van der Waals surface area contributed by atoms with E-state index in [1.165, 1.54) is 16.2 Å². The highest BCUT2D eigenvalue weighted by Gasteiger charge is 2.25. The van der Waals surface area contributed by atoms with Crippen LogP contribution in [0.4, 0.5) is 0 Å². The monoisotopic (exact) mass is 743 g/mol. The Balaban J connectivity index is 0.984. The van der Waals surface area contributed by atoms with Gasteiger partial charge in [0, 0.05) is 43.8 Å². The predicted molar refractivity (Wildman–Crippen MR) is 239 cm³/mol. The Morgan fingerprint density at radius 2 is 1.07 bits per heavy atom. The lowest BCUT2D eigenvalue weighted by molar-refractivity contribution is 0.628. The number of furan rings is 2. The zero-order valence-corrected chi connectivity index (χ0v) is 31.2. The summed E-state index contributed by atoms with van der Waals surface area (Å²) < 4.78 is 13.3. The molecule has 0 amide bonds. The molecule has 272 valence electrons. The molecule has 1 aliphatic heterocycles. The summed E-state index contributed by atoms with van der Waals surface area (Å²) in [6.07, 6.45) is -0.416. The molecule has 0 fully saturated rings. The SMILES string of the molecule is c1ccc(C2=NC(c3cccc4c3oc3ccccc34)NC(c3ccc(-c4ccc(-c5ccc6ccccc6c5)c5oc6cc7ccccc7cc6c45)cc3)=N2)cc1. The van der Waals surface area contributed by atoms with Gasteiger partial charge >= 0.3 is 0 Å². The van der Waals surface area contributed by atoms with Crippen molar-refractivity contribution >= 4 is 77.1 Å². The van der Waals surface area contributed by atoms with Crippen molar-refractivity contribution in [1.82, 2.24) is 5.32 Å². The van der Waals surface area contributed by atoms with Gasteiger partial charge in [0.2, 0.25) is 0 Å². The normalized spacial score (nSPS) is 14.4. The lowest BCUT2D eigenvalue weighted by Crippen LogP contribution is -2.33. The fraction of sp³-hybridized carbons (Fsp3) is 0.0189. The third kappa shape index (κ3) is 5.25. The van der Waals surface area contributed by atoms with Crippen molar-refractivity contribution in [1.29, 1.82) is 0 Å². The molecule has 0 saturated carbocycles. The second kappa shape index (κ2) is 12.9. The number of nitrogens with one attached hydrogen (secondary N) is 1. The quantitative estimate of drug-likeness (QED) is 0.191. The Morgan fingerprint density at radius 1 is 0.414 bits per heavy atom. The molecule has 1 unspecified atom stereocenters. The van der Waals surface area contributed by atoms with Gasteiger partial charge in [0.1, 0.15) is 28.2 Å². The summed E-state index contributed by atoms with van der Waals surface area (Å²) in [6.45, 7) is 0. The average Bonchev–Trinajstić information content (AvgIpc) is 3.86. The van der Waals surface area contributed by atoms with Gasteiger partial charge in [0.25, 0.3) is 0 Å². The van der Waals surface area contributed by atoms with E-state index in [0.29, 0.717) is 5.84 Å². The zero-order valence-electron chi connectivity index (χ0n) is 31.2. The number of benzene rings is 9. The van der Waals surface area contributed by atoms with E-state index in [4.69, 9.17) is 18.8 Å². The smallest absolute Gasteiger partial charge is 0.159 e. The van der Waals surface area contributed by atoms with Gasteiger partial charge in [-0.1, -0.05) is 158 Å². The molecular formula is C53H33N3O2. The number of hydrogen-bond donors (Lipinski definition) is 1. The van der Waals surface area contributed by atoms with Crippen LogP contribution in [0.1, 0.15) is 22.9 Å². The number of hydrogen-bond acceptors (Lipinski definition) is 5. The van der Waals surface area contributed by atoms with E-state index in [1.807, 2.05) is 36.4 Å². The molecule has 58 heavy (non-hydrogen) atoms. The van der Waals surface area contributed by atoms with Gasteiger partial charge in [0.15, 0.2) is 12.0 Å². The van der Waals surface area contributed by atoms with Crippen molar-refractivity contribution in [2.75, 3.05) is 0 Å². The van der Waals surface area contributed by atoms with Gasteiger partial charge < -0.3 is 14.2 Å². The highest BCUT2D eigenvalue weighted by Crippen LogP contribution is 2.43. The van der Waals surface area contributed by atoms with Crippen LogP contribution in [0.5, 0.6) is 0 Å². The van der Waals surface area contributed by atoms with Crippen LogP contribution in [0.15, 0.2) is 207 Å². The number of para-hydroxylation sites is 2. The van der Waals surface area contributed by atoms with Crippen LogP contribution in [-0.2, 0) is 0 Å². The second-order valence-electron chi connectivity index (χ2n) is 14.9. The second-order valence-corrected chi connectivity index (χ2v) is 14.9. The number of rotatable bonds is 5. The van der Waals surface area contributed by atoms with E-state index in [1.54, 1.807) is 0 Å². The van der Waals surface area contributed by atoms with Crippen LogP contribution in [-0.4, -0.2) is 11.7 Å². The highest BCUT2D eigenvalue weighted by molar-refractivity contribution is 6.19. The standard InChI is InChI=1S/C53H33N3O2/c1-2-12-34(13-3-1)51-54-52(56-53(55-51)44-19-10-18-43-42-17-8-9-20-46(42)57-49(43)44)35-24-22-33(23-25-35)40-27-28-41(39-26-21-32-11-4-5-14-36(32)29-39)50-48(40)45-30-37-15-6-7-16-38(37)31-47(45)58-50/h1-31,53H,(H,54,55,56). The summed E-state index contributed by atoms with van der Waals surface area (Å²) in [7, 11) is 0. The van der Waals surface area contributed by atoms with Crippen LogP contribution in [0.3, 0.4) is 0 Å². The summed E-state index contributed by atoms with van der Waals surface area (Å²) in [6, 6.07) is 65.8. The van der Waals surface area contributed by atoms with Gasteiger partial charge in [-0.3, -0.25) is 0 Å². The minimum Gasteiger partial charge on any atom is -0.456 e. The molecule has 3 heterocycles. The van der Waals surface area contributed by atoms with E-state index in [9.17, 15) is 0 Å². The van der Waals surface area contributed by atoms with Gasteiger partial charge in [-0.2, -0.15) is 0 Å². The third-order valence-electron chi connectivity index (χ3n) is 11.5. The molecule has 1 aliphatic rings. The Hall–Kier alpha value is -7.76. The Morgan fingerprint density at radius 3 is 1.91 bits per heavy atom. The molecule has 5 nitrogen and oxygen atoms in total. The maximum absolute atomic E-state index is 6.85. The van der Waals surface area contributed by atoms with E-state index < -0.39 is 6.17 Å². The molecule has 1 N–H and O–H groups in total. The molecule has 0 aliphatic carbocycles. The van der Waals surface area contributed by atoms with Gasteiger partial charge in [-0.15, -0.1) is 0 Å². The molecule has 1 atom stereocenters. The van der Waals surface area contributed by atoms with Crippen LogP contribution >= 0.6 is 0 Å². The topological polar surface area (TPSA) is 63.0 Å². The number of aliphatic imine (C=N–C) groups is 2. The van der Waals surface area contributed by atoms with E-state index in [-0.39, 0.29) is 0 Å². The number of nitrogens with zero attached hydrogens (tertiary/aromatic N) is 2.